The fourth-order valence-electron chi connectivity index (χ4n) is 3.72. The predicted octanol–water partition coefficient (Wildman–Crippen LogP) is 2.93. The number of aromatic nitrogens is 3. The highest BCUT2D eigenvalue weighted by Crippen LogP contribution is 2.28. The predicted molar refractivity (Wildman–Crippen MR) is 112 cm³/mol. The maximum absolute atomic E-state index is 13.7. The highest BCUT2D eigenvalue weighted by molar-refractivity contribution is 7.89. The van der Waals surface area contributed by atoms with Gasteiger partial charge in [0.1, 0.15) is 16.4 Å². The topological polar surface area (TPSA) is 129 Å². The molecule has 0 radical (unpaired) electrons. The van der Waals surface area contributed by atoms with Crippen molar-refractivity contribution in [3.05, 3.63) is 46.9 Å². The highest BCUT2D eigenvalue weighted by atomic mass is 32.2. The molecule has 1 aliphatic heterocycles. The summed E-state index contributed by atoms with van der Waals surface area (Å²) in [6.45, 7) is 4.90. The molecule has 12 heteroatoms. The first-order valence-electron chi connectivity index (χ1n) is 10.4. The normalized spacial score (nSPS) is 15.6. The number of aryl methyl sites for hydroxylation is 3. The van der Waals surface area contributed by atoms with Crippen molar-refractivity contribution in [2.75, 3.05) is 13.1 Å². The number of halogens is 1. The van der Waals surface area contributed by atoms with E-state index < -0.39 is 21.9 Å². The standard InChI is InChI=1S/C21H23FN4O6S/c1-12-4-5-16(10-17(12)22)20-23-18(32-25-20)11-30-21(27)15-6-8-26(9-7-15)33(28,29)19-13(2)24-31-14(19)3/h4-5,10,15H,6-9,11H2,1-3H3. The Labute approximate surface area is 189 Å². The van der Waals surface area contributed by atoms with Crippen LogP contribution in [0.25, 0.3) is 11.4 Å². The maximum Gasteiger partial charge on any atom is 0.309 e. The summed E-state index contributed by atoms with van der Waals surface area (Å²) in [5, 5.41) is 7.50. The molecule has 0 amide bonds. The molecule has 176 valence electrons. The zero-order valence-corrected chi connectivity index (χ0v) is 19.2. The molecule has 4 rings (SSSR count). The van der Waals surface area contributed by atoms with Crippen molar-refractivity contribution < 1.29 is 31.4 Å². The zero-order valence-electron chi connectivity index (χ0n) is 18.4. The van der Waals surface area contributed by atoms with E-state index >= 15 is 0 Å². The second-order valence-corrected chi connectivity index (χ2v) is 9.79. The number of sulfonamides is 1. The van der Waals surface area contributed by atoms with Crippen molar-refractivity contribution in [1.82, 2.24) is 19.6 Å². The Kier molecular flexibility index (Phi) is 6.30. The van der Waals surface area contributed by atoms with Gasteiger partial charge < -0.3 is 13.8 Å². The third-order valence-corrected chi connectivity index (χ3v) is 7.73. The van der Waals surface area contributed by atoms with E-state index in [9.17, 15) is 17.6 Å². The Balaban J connectivity index is 1.32. The van der Waals surface area contributed by atoms with Gasteiger partial charge >= 0.3 is 5.97 Å². The zero-order chi connectivity index (χ0) is 23.8. The summed E-state index contributed by atoms with van der Waals surface area (Å²) in [5.74, 6) is -0.787. The lowest BCUT2D eigenvalue weighted by Gasteiger charge is -2.29. The Morgan fingerprint density at radius 1 is 1.18 bits per heavy atom. The van der Waals surface area contributed by atoms with Crippen molar-refractivity contribution in [3.63, 3.8) is 0 Å². The third kappa shape index (κ3) is 4.67. The lowest BCUT2D eigenvalue weighted by molar-refractivity contribution is -0.152. The molecule has 3 heterocycles. The van der Waals surface area contributed by atoms with Gasteiger partial charge in [-0.05, 0) is 45.2 Å². The van der Waals surface area contributed by atoms with Gasteiger partial charge in [-0.15, -0.1) is 0 Å². The van der Waals surface area contributed by atoms with E-state index in [-0.39, 0.29) is 47.9 Å². The van der Waals surface area contributed by atoms with Crippen LogP contribution in [0.1, 0.15) is 35.7 Å². The first kappa shape index (κ1) is 23.1. The van der Waals surface area contributed by atoms with Gasteiger partial charge in [0.05, 0.1) is 5.92 Å². The van der Waals surface area contributed by atoms with E-state index in [2.05, 4.69) is 15.3 Å². The molecule has 0 bridgehead atoms. The minimum absolute atomic E-state index is 0.0733. The Bertz CT molecular complexity index is 1260. The third-order valence-electron chi connectivity index (χ3n) is 5.59. The van der Waals surface area contributed by atoms with E-state index in [1.54, 1.807) is 32.9 Å². The Morgan fingerprint density at radius 2 is 1.91 bits per heavy atom. The van der Waals surface area contributed by atoms with Crippen molar-refractivity contribution in [2.45, 2.75) is 45.1 Å². The van der Waals surface area contributed by atoms with Crippen LogP contribution in [0.5, 0.6) is 0 Å². The summed E-state index contributed by atoms with van der Waals surface area (Å²) in [7, 11) is -3.75. The van der Waals surface area contributed by atoms with Crippen LogP contribution in [0.4, 0.5) is 4.39 Å². The van der Waals surface area contributed by atoms with Crippen LogP contribution in [0.3, 0.4) is 0 Å². The highest BCUT2D eigenvalue weighted by Gasteiger charge is 2.36. The molecule has 0 spiro atoms. The van der Waals surface area contributed by atoms with Crippen molar-refractivity contribution in [3.8, 4) is 11.4 Å². The number of ether oxygens (including phenoxy) is 1. The van der Waals surface area contributed by atoms with Crippen LogP contribution in [-0.4, -0.2) is 47.1 Å². The van der Waals surface area contributed by atoms with Gasteiger partial charge in [0.15, 0.2) is 12.4 Å². The van der Waals surface area contributed by atoms with Crippen LogP contribution in [0.2, 0.25) is 0 Å². The van der Waals surface area contributed by atoms with Crippen LogP contribution in [-0.2, 0) is 26.2 Å². The van der Waals surface area contributed by atoms with Crippen molar-refractivity contribution in [1.29, 1.82) is 0 Å². The fraction of sp³-hybridized carbons (Fsp3) is 0.429. The van der Waals surface area contributed by atoms with Crippen LogP contribution < -0.4 is 0 Å². The molecule has 33 heavy (non-hydrogen) atoms. The smallest absolute Gasteiger partial charge is 0.309 e. The van der Waals surface area contributed by atoms with E-state index in [4.69, 9.17) is 13.8 Å². The molecule has 1 saturated heterocycles. The molecule has 10 nitrogen and oxygen atoms in total. The lowest BCUT2D eigenvalue weighted by Crippen LogP contribution is -2.40. The van der Waals surface area contributed by atoms with Gasteiger partial charge in [-0.1, -0.05) is 22.4 Å². The summed E-state index contributed by atoms with van der Waals surface area (Å²) in [4.78, 5) is 16.7. The molecule has 3 aromatic rings. The minimum atomic E-state index is -3.75. The van der Waals surface area contributed by atoms with E-state index in [1.165, 1.54) is 10.4 Å². The monoisotopic (exact) mass is 478 g/mol. The van der Waals surface area contributed by atoms with E-state index in [1.807, 2.05) is 0 Å². The Morgan fingerprint density at radius 3 is 2.55 bits per heavy atom. The molecule has 1 aliphatic rings. The first-order chi connectivity index (χ1) is 15.7. The summed E-state index contributed by atoms with van der Waals surface area (Å²) in [5.41, 5.74) is 1.26. The number of hydrogen-bond donors (Lipinski definition) is 0. The first-order valence-corrected chi connectivity index (χ1v) is 11.8. The molecule has 2 aromatic heterocycles. The SMILES string of the molecule is Cc1ccc(-c2noc(COC(=O)C3CCN(S(=O)(=O)c4c(C)noc4C)CC3)n2)cc1F. The Hall–Kier alpha value is -3.12. The molecule has 1 fully saturated rings. The number of rotatable bonds is 6. The number of nitrogens with zero attached hydrogens (tertiary/aromatic N) is 4. The van der Waals surface area contributed by atoms with E-state index in [0.717, 1.165) is 0 Å². The number of benzene rings is 1. The summed E-state index contributed by atoms with van der Waals surface area (Å²) in [6, 6.07) is 4.59. The van der Waals surface area contributed by atoms with Gasteiger partial charge in [-0.3, -0.25) is 4.79 Å². The number of esters is 1. The molecule has 0 unspecified atom stereocenters. The van der Waals surface area contributed by atoms with Crippen LogP contribution in [0.15, 0.2) is 32.1 Å². The minimum Gasteiger partial charge on any atom is -0.455 e. The molecule has 0 saturated carbocycles. The summed E-state index contributed by atoms with van der Waals surface area (Å²) < 4.78 is 56.2. The summed E-state index contributed by atoms with van der Waals surface area (Å²) in [6.07, 6.45) is 0.637. The number of carbonyl (C=O) groups is 1. The molecule has 0 atom stereocenters. The van der Waals surface area contributed by atoms with Crippen molar-refractivity contribution >= 4 is 16.0 Å². The average Bonchev–Trinajstić information content (AvgIpc) is 3.40. The van der Waals surface area contributed by atoms with Crippen LogP contribution in [0, 0.1) is 32.5 Å². The molecule has 1 aromatic carbocycles. The fourth-order valence-corrected chi connectivity index (χ4v) is 5.48. The quantitative estimate of drug-likeness (QED) is 0.491. The lowest BCUT2D eigenvalue weighted by atomic mass is 9.98. The maximum atomic E-state index is 13.7. The second-order valence-electron chi connectivity index (χ2n) is 7.92. The number of hydrogen-bond acceptors (Lipinski definition) is 9. The van der Waals surface area contributed by atoms with Gasteiger partial charge in [-0.25, -0.2) is 12.8 Å². The average molecular weight is 479 g/mol. The van der Waals surface area contributed by atoms with Gasteiger partial charge in [0.25, 0.3) is 5.89 Å². The van der Waals surface area contributed by atoms with Gasteiger partial charge in [0, 0.05) is 18.7 Å². The van der Waals surface area contributed by atoms with E-state index in [0.29, 0.717) is 29.7 Å². The van der Waals surface area contributed by atoms with Gasteiger partial charge in [0.2, 0.25) is 15.8 Å². The largest absolute Gasteiger partial charge is 0.455 e. The van der Waals surface area contributed by atoms with Crippen LogP contribution >= 0.6 is 0 Å². The number of carbonyl (C=O) groups excluding carboxylic acids is 1. The summed E-state index contributed by atoms with van der Waals surface area (Å²) >= 11 is 0. The van der Waals surface area contributed by atoms with Crippen molar-refractivity contribution in [2.24, 2.45) is 5.92 Å². The molecular weight excluding hydrogens is 455 g/mol. The molecular formula is C21H23FN4O6S. The number of piperidine rings is 1. The molecule has 0 aliphatic carbocycles. The second kappa shape index (κ2) is 9.02. The van der Waals surface area contributed by atoms with Gasteiger partial charge in [-0.2, -0.15) is 9.29 Å². The molecule has 0 N–H and O–H groups in total.